The van der Waals surface area contributed by atoms with Crippen LogP contribution in [0.2, 0.25) is 0 Å². The van der Waals surface area contributed by atoms with Gasteiger partial charge in [0, 0.05) is 48.6 Å². The number of nitrogens with zero attached hydrogens (tertiary/aromatic N) is 4. The second-order valence-electron chi connectivity index (χ2n) is 15.1. The van der Waals surface area contributed by atoms with Crippen molar-refractivity contribution in [2.45, 2.75) is 92.3 Å². The third-order valence-electron chi connectivity index (χ3n) is 9.79. The van der Waals surface area contributed by atoms with Crippen LogP contribution in [0.25, 0.3) is 0 Å². The highest BCUT2D eigenvalue weighted by Gasteiger charge is 2.44. The third kappa shape index (κ3) is 20.7. The Hall–Kier alpha value is -6.61. The molecule has 0 spiro atoms. The van der Waals surface area contributed by atoms with Crippen molar-refractivity contribution < 1.29 is 99.4 Å². The molecular formula is C38H46F6N10O15S2. The zero-order valence-electron chi connectivity index (χ0n) is 36.5. The average Bonchev–Trinajstić information content (AvgIpc) is 3.27. The zero-order valence-corrected chi connectivity index (χ0v) is 38.1. The molecule has 0 aliphatic heterocycles. The van der Waals surface area contributed by atoms with Crippen molar-refractivity contribution in [3.63, 3.8) is 0 Å². The Morgan fingerprint density at radius 2 is 1.01 bits per heavy atom. The van der Waals surface area contributed by atoms with E-state index < -0.39 is 175 Å². The summed E-state index contributed by atoms with van der Waals surface area (Å²) in [5.74, 6) is -16.9. The van der Waals surface area contributed by atoms with Crippen molar-refractivity contribution in [1.82, 2.24) is 41.2 Å². The molecule has 71 heavy (non-hydrogen) atoms. The van der Waals surface area contributed by atoms with Crippen LogP contribution in [0, 0.1) is 11.8 Å². The van der Waals surface area contributed by atoms with Crippen molar-refractivity contribution in [3.05, 3.63) is 36.2 Å². The summed E-state index contributed by atoms with van der Waals surface area (Å²) in [5, 5.41) is 42.5. The number of carbonyl (C=O) groups is 9. The highest BCUT2D eigenvalue weighted by molar-refractivity contribution is 7.99. The Morgan fingerprint density at radius 3 is 1.34 bits per heavy atom. The largest absolute Gasteiger partial charge is 0.574 e. The molecule has 25 nitrogen and oxygen atoms in total. The predicted molar refractivity (Wildman–Crippen MR) is 229 cm³/mol. The Kier molecular flexibility index (Phi) is 22.4. The summed E-state index contributed by atoms with van der Waals surface area (Å²) >= 11 is 1.28. The van der Waals surface area contributed by atoms with Gasteiger partial charge in [-0.25, -0.2) is 9.97 Å². The molecule has 0 bridgehead atoms. The first-order chi connectivity index (χ1) is 33.1. The van der Waals surface area contributed by atoms with Crippen LogP contribution in [0.15, 0.2) is 24.8 Å². The number of nitrogens with two attached hydrogens (primary N) is 2. The van der Waals surface area contributed by atoms with Crippen LogP contribution in [-0.4, -0.2) is 155 Å². The monoisotopic (exact) mass is 1060 g/mol. The molecule has 4 amide bonds. The molecule has 1 aliphatic rings. The van der Waals surface area contributed by atoms with Crippen LogP contribution in [-0.2, 0) is 43.2 Å². The van der Waals surface area contributed by atoms with Crippen LogP contribution in [0.3, 0.4) is 0 Å². The lowest BCUT2D eigenvalue weighted by Crippen LogP contribution is -2.50. The summed E-state index contributed by atoms with van der Waals surface area (Å²) in [7, 11) is 0. The number of carbonyl (C=O) groups excluding carboxylic acids is 5. The van der Waals surface area contributed by atoms with Gasteiger partial charge in [-0.3, -0.25) is 53.1 Å². The minimum Gasteiger partial charge on any atom is -0.480 e. The van der Waals surface area contributed by atoms with Crippen molar-refractivity contribution >= 4 is 76.8 Å². The maximum Gasteiger partial charge on any atom is 0.574 e. The fraction of sp³-hybridized carbons (Fsp3) is 0.553. The second-order valence-corrected chi connectivity index (χ2v) is 17.5. The van der Waals surface area contributed by atoms with Gasteiger partial charge < -0.3 is 62.6 Å². The van der Waals surface area contributed by atoms with E-state index in [1.807, 2.05) is 0 Å². The third-order valence-corrected chi connectivity index (χ3v) is 12.7. The Morgan fingerprint density at radius 1 is 0.648 bits per heavy atom. The Bertz CT molecular complexity index is 2100. The van der Waals surface area contributed by atoms with Gasteiger partial charge in [0.1, 0.15) is 43.0 Å². The molecular weight excluding hydrogens is 1010 g/mol. The van der Waals surface area contributed by atoms with Crippen LogP contribution in [0.4, 0.5) is 26.3 Å². The molecule has 8 atom stereocenters. The fourth-order valence-corrected chi connectivity index (χ4v) is 9.40. The molecule has 2 aromatic rings. The number of hydrogen-bond donors (Lipinski definition) is 10. The molecule has 33 heteroatoms. The van der Waals surface area contributed by atoms with Gasteiger partial charge in [0.2, 0.25) is 35.4 Å². The fourth-order valence-electron chi connectivity index (χ4n) is 6.56. The van der Waals surface area contributed by atoms with Gasteiger partial charge in [0.05, 0.1) is 34.3 Å². The Balaban J connectivity index is 2.14. The number of aliphatic carboxylic acids is 4. The van der Waals surface area contributed by atoms with Gasteiger partial charge in [-0.15, -0.1) is 49.9 Å². The van der Waals surface area contributed by atoms with E-state index in [2.05, 4.69) is 50.7 Å². The number of rotatable bonds is 28. The summed E-state index contributed by atoms with van der Waals surface area (Å²) in [5.41, 5.74) is 10.2. The number of ketones is 1. The minimum atomic E-state index is -5.30. The molecule has 2 aromatic heterocycles. The van der Waals surface area contributed by atoms with Crippen molar-refractivity contribution in [2.75, 3.05) is 24.6 Å². The van der Waals surface area contributed by atoms with E-state index in [1.165, 1.54) is 0 Å². The van der Waals surface area contributed by atoms with Crippen molar-refractivity contribution in [3.8, 4) is 11.8 Å². The molecule has 0 saturated heterocycles. The topological polar surface area (TPSA) is 405 Å². The van der Waals surface area contributed by atoms with Gasteiger partial charge in [-0.2, -0.15) is 0 Å². The van der Waals surface area contributed by atoms with Gasteiger partial charge in [0.15, 0.2) is 0 Å². The number of alkyl halides is 6. The number of ether oxygens (including phenoxy) is 2. The molecule has 1 aliphatic carbocycles. The highest BCUT2D eigenvalue weighted by Crippen LogP contribution is 2.49. The summed E-state index contributed by atoms with van der Waals surface area (Å²) in [6.07, 6.45) is -9.61. The number of thioether (sulfide) groups is 2. The number of halogens is 6. The lowest BCUT2D eigenvalue weighted by molar-refractivity contribution is -0.277. The summed E-state index contributed by atoms with van der Waals surface area (Å²) in [4.78, 5) is 128. The quantitative estimate of drug-likeness (QED) is 0.0503. The van der Waals surface area contributed by atoms with E-state index in [0.717, 1.165) is 12.4 Å². The summed E-state index contributed by atoms with van der Waals surface area (Å²) in [6.45, 7) is -1.92. The number of carboxylic acid groups (broad SMARTS) is 4. The maximum absolute atomic E-state index is 15.0. The predicted octanol–water partition coefficient (Wildman–Crippen LogP) is 0.0534. The minimum absolute atomic E-state index is 0.0692. The lowest BCUT2D eigenvalue weighted by atomic mass is 9.76. The molecule has 392 valence electrons. The first kappa shape index (κ1) is 58.7. The Labute approximate surface area is 404 Å². The number of amides is 4. The van der Waals surface area contributed by atoms with Gasteiger partial charge in [0.25, 0.3) is 0 Å². The standard InChI is InChI=1S/C38H46F6N10O15S2/c39-37(40,41)68-26-10-47-8-20(53-26)31(70-14-22(33(62)49-12-28(57)58)51-24(55)6-4-18(45)35(64)65)16-2-1-3-17(30(16)61)32(21-9-48-11-27(54-21)69-38(42,43)44)71-15-23(34(63)50-13-29(59)60)52-25(56)7-5-19(46)36(66)67/h8-11,16-19,22-23,31-32H,1-7,12-15,45-46H2,(H,49,62)(H,50,63)(H,51,55)(H,52,56)(H,57,58)(H,59,60)(H,64,65)(H,66,67). The first-order valence-electron chi connectivity index (χ1n) is 20.6. The van der Waals surface area contributed by atoms with Crippen LogP contribution >= 0.6 is 23.5 Å². The molecule has 0 aromatic carbocycles. The average molecular weight is 1060 g/mol. The first-order valence-corrected chi connectivity index (χ1v) is 22.7. The van der Waals surface area contributed by atoms with Crippen LogP contribution in [0.5, 0.6) is 11.8 Å². The zero-order chi connectivity index (χ0) is 53.2. The second kappa shape index (κ2) is 27.1. The maximum atomic E-state index is 15.0. The molecule has 0 radical (unpaired) electrons. The van der Waals surface area contributed by atoms with E-state index in [4.69, 9.17) is 21.7 Å². The van der Waals surface area contributed by atoms with Crippen molar-refractivity contribution in [1.29, 1.82) is 0 Å². The van der Waals surface area contributed by atoms with Gasteiger partial charge in [-0.1, -0.05) is 6.42 Å². The summed E-state index contributed by atoms with van der Waals surface area (Å²) in [6, 6.07) is -6.37. The molecule has 1 fully saturated rings. The van der Waals surface area contributed by atoms with E-state index in [0.29, 0.717) is 35.9 Å². The molecule has 2 heterocycles. The van der Waals surface area contributed by atoms with Crippen LogP contribution < -0.4 is 42.2 Å². The SMILES string of the molecule is NC(CCC(=O)NC(CSC(c1cncc(OC(F)(F)F)n1)C1CCCC(C(SCC(NC(=O)CCC(N)C(=O)O)C(=O)NCC(=O)O)c2cncc(OC(F)(F)F)n2)C1=O)C(=O)NCC(=O)O)C(=O)O. The number of nitrogens with one attached hydrogen (secondary N) is 4. The number of aromatic nitrogens is 4. The van der Waals surface area contributed by atoms with E-state index in [-0.39, 0.29) is 30.7 Å². The number of carboxylic acids is 4. The number of hydrogen-bond acceptors (Lipinski definition) is 19. The smallest absolute Gasteiger partial charge is 0.480 e. The van der Waals surface area contributed by atoms with E-state index in [1.54, 1.807) is 0 Å². The molecule has 12 N–H and O–H groups in total. The van der Waals surface area contributed by atoms with Crippen molar-refractivity contribution in [2.24, 2.45) is 23.3 Å². The molecule has 1 saturated carbocycles. The van der Waals surface area contributed by atoms with E-state index in [9.17, 15) is 79.7 Å². The van der Waals surface area contributed by atoms with E-state index >= 15 is 0 Å². The van der Waals surface area contributed by atoms with Gasteiger partial charge in [-0.05, 0) is 25.7 Å². The van der Waals surface area contributed by atoms with Gasteiger partial charge >= 0.3 is 36.6 Å². The molecule has 3 rings (SSSR count). The highest BCUT2D eigenvalue weighted by atomic mass is 32.2. The summed E-state index contributed by atoms with van der Waals surface area (Å²) < 4.78 is 88.2. The normalized spacial score (nSPS) is 17.5. The number of Topliss-reactive ketones (excluding diaryl/α,β-unsaturated/α-hetero) is 1. The molecule has 8 unspecified atom stereocenters. The lowest BCUT2D eigenvalue weighted by Gasteiger charge is -2.36. The van der Waals surface area contributed by atoms with Crippen LogP contribution in [0.1, 0.15) is 66.8 Å².